The third-order valence-corrected chi connectivity index (χ3v) is 2.96. The van der Waals surface area contributed by atoms with Crippen molar-refractivity contribution in [3.63, 3.8) is 0 Å². The molecule has 0 aliphatic heterocycles. The zero-order valence-electron chi connectivity index (χ0n) is 10.5. The van der Waals surface area contributed by atoms with E-state index >= 15 is 0 Å². The van der Waals surface area contributed by atoms with Gasteiger partial charge in [-0.2, -0.15) is 0 Å². The fourth-order valence-electron chi connectivity index (χ4n) is 1.94. The Hall–Kier alpha value is -2.29. The maximum absolute atomic E-state index is 13.5. The van der Waals surface area contributed by atoms with Crippen LogP contribution in [0.4, 0.5) is 4.39 Å². The molecule has 0 N–H and O–H groups in total. The van der Waals surface area contributed by atoms with Crippen LogP contribution in [0.2, 0.25) is 0 Å². The summed E-state index contributed by atoms with van der Waals surface area (Å²) in [5.74, 6) is 1.11. The third-order valence-electron chi connectivity index (χ3n) is 2.96. The zero-order chi connectivity index (χ0) is 13.2. The van der Waals surface area contributed by atoms with Gasteiger partial charge in [-0.1, -0.05) is 23.8 Å². The summed E-state index contributed by atoms with van der Waals surface area (Å²) in [5, 5.41) is 0.491. The molecular weight excluding hydrogens is 243 g/mol. The van der Waals surface area contributed by atoms with E-state index in [9.17, 15) is 4.39 Å². The summed E-state index contributed by atoms with van der Waals surface area (Å²) in [7, 11) is 0. The van der Waals surface area contributed by atoms with Crippen LogP contribution in [0.3, 0.4) is 0 Å². The summed E-state index contributed by atoms with van der Waals surface area (Å²) < 4.78 is 24.6. The Labute approximate surface area is 110 Å². The van der Waals surface area contributed by atoms with Crippen molar-refractivity contribution in [1.82, 2.24) is 0 Å². The van der Waals surface area contributed by atoms with Gasteiger partial charge in [0.05, 0.1) is 5.39 Å². The maximum atomic E-state index is 13.5. The van der Waals surface area contributed by atoms with Crippen LogP contribution in [0.5, 0.6) is 5.75 Å². The highest BCUT2D eigenvalue weighted by Gasteiger charge is 2.08. The first-order chi connectivity index (χ1) is 9.22. The predicted molar refractivity (Wildman–Crippen MR) is 71.7 cm³/mol. The molecule has 0 fully saturated rings. The van der Waals surface area contributed by atoms with Gasteiger partial charge in [-0.15, -0.1) is 0 Å². The Morgan fingerprint density at radius 2 is 1.89 bits per heavy atom. The van der Waals surface area contributed by atoms with Crippen molar-refractivity contribution < 1.29 is 13.5 Å². The standard InChI is InChI=1S/C16H13FO2/c1-11-5-7-12(8-6-11)18-10-13-9-14-15(17)3-2-4-16(14)19-13/h2-9H,10H2,1H3. The fourth-order valence-corrected chi connectivity index (χ4v) is 1.94. The van der Waals surface area contributed by atoms with Crippen molar-refractivity contribution in [1.29, 1.82) is 0 Å². The minimum absolute atomic E-state index is 0.275. The predicted octanol–water partition coefficient (Wildman–Crippen LogP) is 4.46. The van der Waals surface area contributed by atoms with Gasteiger partial charge < -0.3 is 9.15 Å². The van der Waals surface area contributed by atoms with Gasteiger partial charge in [0.25, 0.3) is 0 Å². The minimum atomic E-state index is -0.275. The van der Waals surface area contributed by atoms with Gasteiger partial charge in [-0.25, -0.2) is 4.39 Å². The number of hydrogen-bond donors (Lipinski definition) is 0. The number of furan rings is 1. The second kappa shape index (κ2) is 4.76. The van der Waals surface area contributed by atoms with E-state index in [1.807, 2.05) is 31.2 Å². The monoisotopic (exact) mass is 256 g/mol. The number of ether oxygens (including phenoxy) is 1. The Morgan fingerprint density at radius 3 is 2.63 bits per heavy atom. The van der Waals surface area contributed by atoms with Crippen LogP contribution in [0, 0.1) is 12.7 Å². The van der Waals surface area contributed by atoms with Crippen molar-refractivity contribution in [3.8, 4) is 5.75 Å². The molecule has 1 aromatic heterocycles. The van der Waals surface area contributed by atoms with Gasteiger partial charge in [-0.3, -0.25) is 0 Å². The van der Waals surface area contributed by atoms with Crippen LogP contribution in [0.25, 0.3) is 11.0 Å². The largest absolute Gasteiger partial charge is 0.486 e. The van der Waals surface area contributed by atoms with Gasteiger partial charge in [0.15, 0.2) is 0 Å². The number of benzene rings is 2. The lowest BCUT2D eigenvalue weighted by molar-refractivity contribution is 0.274. The zero-order valence-corrected chi connectivity index (χ0v) is 10.5. The van der Waals surface area contributed by atoms with Crippen LogP contribution in [-0.4, -0.2) is 0 Å². The Morgan fingerprint density at radius 1 is 1.11 bits per heavy atom. The molecule has 0 aliphatic carbocycles. The first-order valence-electron chi connectivity index (χ1n) is 6.09. The molecule has 0 amide bonds. The lowest BCUT2D eigenvalue weighted by Crippen LogP contribution is -1.93. The molecular formula is C16H13FO2. The summed E-state index contributed by atoms with van der Waals surface area (Å²) in [6.07, 6.45) is 0. The summed E-state index contributed by atoms with van der Waals surface area (Å²) in [5.41, 5.74) is 1.72. The van der Waals surface area contributed by atoms with Crippen molar-refractivity contribution in [2.45, 2.75) is 13.5 Å². The van der Waals surface area contributed by atoms with E-state index in [2.05, 4.69) is 0 Å². The van der Waals surface area contributed by atoms with E-state index in [1.54, 1.807) is 18.2 Å². The number of aryl methyl sites for hydroxylation is 1. The minimum Gasteiger partial charge on any atom is -0.486 e. The molecule has 2 aromatic carbocycles. The first-order valence-corrected chi connectivity index (χ1v) is 6.09. The summed E-state index contributed by atoms with van der Waals surface area (Å²) >= 11 is 0. The lowest BCUT2D eigenvalue weighted by atomic mass is 10.2. The average molecular weight is 256 g/mol. The van der Waals surface area contributed by atoms with Crippen molar-refractivity contribution >= 4 is 11.0 Å². The molecule has 1 heterocycles. The molecule has 3 aromatic rings. The van der Waals surface area contributed by atoms with Gasteiger partial charge in [0.2, 0.25) is 0 Å². The maximum Gasteiger partial charge on any atom is 0.146 e. The molecule has 96 valence electrons. The fraction of sp³-hybridized carbons (Fsp3) is 0.125. The van der Waals surface area contributed by atoms with Crippen LogP contribution >= 0.6 is 0 Å². The molecule has 0 atom stereocenters. The van der Waals surface area contributed by atoms with Gasteiger partial charge in [0, 0.05) is 0 Å². The number of fused-ring (bicyclic) bond motifs is 1. The Kier molecular flexibility index (Phi) is 2.95. The Bertz CT molecular complexity index is 698. The highest BCUT2D eigenvalue weighted by molar-refractivity contribution is 5.78. The van der Waals surface area contributed by atoms with E-state index in [0.29, 0.717) is 16.7 Å². The van der Waals surface area contributed by atoms with E-state index < -0.39 is 0 Å². The molecule has 0 bridgehead atoms. The normalized spacial score (nSPS) is 10.8. The van der Waals surface area contributed by atoms with E-state index in [0.717, 1.165) is 5.75 Å². The van der Waals surface area contributed by atoms with Crippen LogP contribution in [0.1, 0.15) is 11.3 Å². The molecule has 3 rings (SSSR count). The van der Waals surface area contributed by atoms with E-state index in [-0.39, 0.29) is 12.4 Å². The lowest BCUT2D eigenvalue weighted by Gasteiger charge is -2.03. The van der Waals surface area contributed by atoms with Crippen molar-refractivity contribution in [3.05, 3.63) is 65.7 Å². The highest BCUT2D eigenvalue weighted by Crippen LogP contribution is 2.23. The number of rotatable bonds is 3. The Balaban J connectivity index is 1.78. The molecule has 0 aliphatic rings. The molecule has 0 unspecified atom stereocenters. The molecule has 0 spiro atoms. The van der Waals surface area contributed by atoms with Crippen LogP contribution in [-0.2, 0) is 6.61 Å². The van der Waals surface area contributed by atoms with Gasteiger partial charge in [0.1, 0.15) is 29.5 Å². The van der Waals surface area contributed by atoms with Gasteiger partial charge >= 0.3 is 0 Å². The molecule has 0 saturated heterocycles. The van der Waals surface area contributed by atoms with Crippen molar-refractivity contribution in [2.24, 2.45) is 0 Å². The second-order valence-electron chi connectivity index (χ2n) is 4.47. The third kappa shape index (κ3) is 2.45. The van der Waals surface area contributed by atoms with Crippen molar-refractivity contribution in [2.75, 3.05) is 0 Å². The highest BCUT2D eigenvalue weighted by atomic mass is 19.1. The first kappa shape index (κ1) is 11.8. The average Bonchev–Trinajstić information content (AvgIpc) is 2.83. The van der Waals surface area contributed by atoms with Gasteiger partial charge in [-0.05, 0) is 37.3 Å². The molecule has 19 heavy (non-hydrogen) atoms. The van der Waals surface area contributed by atoms with Crippen LogP contribution < -0.4 is 4.74 Å². The topological polar surface area (TPSA) is 22.4 Å². The summed E-state index contributed by atoms with van der Waals surface area (Å²) in [6.45, 7) is 2.31. The number of halogens is 1. The molecule has 0 saturated carbocycles. The summed E-state index contributed by atoms with van der Waals surface area (Å²) in [4.78, 5) is 0. The smallest absolute Gasteiger partial charge is 0.146 e. The molecule has 0 radical (unpaired) electrons. The van der Waals surface area contributed by atoms with Crippen LogP contribution in [0.15, 0.2) is 52.9 Å². The van der Waals surface area contributed by atoms with E-state index in [1.165, 1.54) is 11.6 Å². The second-order valence-corrected chi connectivity index (χ2v) is 4.47. The number of hydrogen-bond acceptors (Lipinski definition) is 2. The summed E-state index contributed by atoms with van der Waals surface area (Å²) in [6, 6.07) is 14.2. The quantitative estimate of drug-likeness (QED) is 0.690. The molecule has 2 nitrogen and oxygen atoms in total. The SMILES string of the molecule is Cc1ccc(OCc2cc3c(F)cccc3o2)cc1. The van der Waals surface area contributed by atoms with E-state index in [4.69, 9.17) is 9.15 Å². The molecule has 3 heteroatoms.